The number of aliphatic hydroxyl groups excluding tert-OH is 1. The van der Waals surface area contributed by atoms with Crippen LogP contribution < -0.4 is 0 Å². The molecule has 0 rings (SSSR count). The van der Waals surface area contributed by atoms with Gasteiger partial charge in [0.05, 0.1) is 12.7 Å². The van der Waals surface area contributed by atoms with Gasteiger partial charge in [0.25, 0.3) is 0 Å². The molecular formula is C15H35BO4S. The second-order valence-electron chi connectivity index (χ2n) is 5.36. The van der Waals surface area contributed by atoms with Gasteiger partial charge in [0.1, 0.15) is 0 Å². The maximum absolute atomic E-state index is 8.24. The Morgan fingerprint density at radius 3 is 1.62 bits per heavy atom. The quantitative estimate of drug-likeness (QED) is 0.239. The van der Waals surface area contributed by atoms with Crippen LogP contribution in [0.2, 0.25) is 0 Å². The lowest BCUT2D eigenvalue weighted by atomic mass is 10.1. The van der Waals surface area contributed by atoms with Crippen LogP contribution in [0.1, 0.15) is 78.1 Å². The summed E-state index contributed by atoms with van der Waals surface area (Å²) in [4.78, 5) is 0. The lowest BCUT2D eigenvalue weighted by Crippen LogP contribution is -2.25. The smallest absolute Gasteiger partial charge is 0.402 e. The highest BCUT2D eigenvalue weighted by Gasteiger charge is 2.12. The molecule has 0 aromatic heterocycles. The fourth-order valence-corrected chi connectivity index (χ4v) is 2.07. The molecule has 128 valence electrons. The van der Waals surface area contributed by atoms with Gasteiger partial charge < -0.3 is 19.8 Å². The van der Waals surface area contributed by atoms with E-state index in [1.807, 2.05) is 0 Å². The minimum atomic E-state index is -1.78. The van der Waals surface area contributed by atoms with E-state index in [1.165, 1.54) is 71.1 Å². The Hall–Kier alpha value is 0.255. The van der Waals surface area contributed by atoms with Crippen molar-refractivity contribution in [1.82, 2.24) is 0 Å². The molecule has 0 aliphatic heterocycles. The second-order valence-corrected chi connectivity index (χ2v) is 5.81. The Balaban J connectivity index is 0. The van der Waals surface area contributed by atoms with Crippen molar-refractivity contribution in [3.8, 4) is 0 Å². The fourth-order valence-electron chi connectivity index (χ4n) is 1.85. The van der Waals surface area contributed by atoms with Crippen LogP contribution in [0.15, 0.2) is 0 Å². The van der Waals surface area contributed by atoms with Crippen molar-refractivity contribution >= 4 is 20.0 Å². The Morgan fingerprint density at radius 1 is 0.905 bits per heavy atom. The van der Waals surface area contributed by atoms with Gasteiger partial charge in [-0.3, -0.25) is 0 Å². The van der Waals surface area contributed by atoms with Crippen LogP contribution in [0.25, 0.3) is 0 Å². The summed E-state index contributed by atoms with van der Waals surface area (Å²) < 4.78 is 4.26. The van der Waals surface area contributed by atoms with Crippen LogP contribution in [0.3, 0.4) is 0 Å². The van der Waals surface area contributed by atoms with E-state index in [1.54, 1.807) is 0 Å². The van der Waals surface area contributed by atoms with Crippen LogP contribution in [-0.2, 0) is 4.65 Å². The first-order valence-corrected chi connectivity index (χ1v) is 8.95. The second kappa shape index (κ2) is 20.3. The van der Waals surface area contributed by atoms with E-state index in [2.05, 4.69) is 24.2 Å². The summed E-state index contributed by atoms with van der Waals surface area (Å²) in [5.41, 5.74) is 0. The van der Waals surface area contributed by atoms with E-state index < -0.39 is 13.4 Å². The molecular weight excluding hydrogens is 287 g/mol. The lowest BCUT2D eigenvalue weighted by molar-refractivity contribution is 0.0798. The monoisotopic (exact) mass is 322 g/mol. The third kappa shape index (κ3) is 25.5. The number of unbranched alkanes of at least 4 members (excludes halogenated alkanes) is 9. The molecule has 0 aliphatic carbocycles. The molecule has 0 radical (unpaired) electrons. The van der Waals surface area contributed by atoms with E-state index in [-0.39, 0.29) is 6.61 Å². The molecule has 0 aliphatic rings. The SMILES string of the molecule is CC(CO)OB(O)O.CCCCCCCCCCCCS. The van der Waals surface area contributed by atoms with Gasteiger partial charge in [0.2, 0.25) is 0 Å². The molecule has 0 aromatic rings. The number of thiol groups is 1. The standard InChI is InChI=1S/C12H26S.C3H9BO4/c1-2-3-4-5-6-7-8-9-10-11-12-13;1-3(2-5)8-4(6)7/h13H,2-12H2,1H3;3,5-7H,2H2,1H3. The molecule has 0 heterocycles. The predicted octanol–water partition coefficient (Wildman–Crippen LogP) is 3.19. The summed E-state index contributed by atoms with van der Waals surface area (Å²) in [6, 6.07) is 0. The van der Waals surface area contributed by atoms with Crippen LogP contribution >= 0.6 is 12.6 Å². The van der Waals surface area contributed by atoms with Crippen LogP contribution in [0.5, 0.6) is 0 Å². The topological polar surface area (TPSA) is 69.9 Å². The first-order valence-electron chi connectivity index (χ1n) is 8.31. The van der Waals surface area contributed by atoms with Crippen molar-refractivity contribution in [2.45, 2.75) is 84.2 Å². The predicted molar refractivity (Wildman–Crippen MR) is 93.5 cm³/mol. The summed E-state index contributed by atoms with van der Waals surface area (Å²) in [5.74, 6) is 1.07. The Bertz CT molecular complexity index is 175. The third-order valence-corrected chi connectivity index (χ3v) is 3.44. The maximum atomic E-state index is 8.24. The molecule has 0 saturated heterocycles. The first kappa shape index (κ1) is 23.5. The van der Waals surface area contributed by atoms with Gasteiger partial charge in [0.15, 0.2) is 0 Å². The van der Waals surface area contributed by atoms with E-state index in [9.17, 15) is 0 Å². The average Bonchev–Trinajstić information content (AvgIpc) is 2.45. The zero-order valence-corrected chi connectivity index (χ0v) is 14.7. The van der Waals surface area contributed by atoms with E-state index in [4.69, 9.17) is 15.2 Å². The summed E-state index contributed by atoms with van der Waals surface area (Å²) in [6.07, 6.45) is 13.7. The number of hydrogen-bond donors (Lipinski definition) is 4. The van der Waals surface area contributed by atoms with Crippen molar-refractivity contribution in [2.24, 2.45) is 0 Å². The third-order valence-electron chi connectivity index (χ3n) is 3.12. The Morgan fingerprint density at radius 2 is 1.33 bits per heavy atom. The molecule has 6 heteroatoms. The molecule has 0 spiro atoms. The highest BCUT2D eigenvalue weighted by Crippen LogP contribution is 2.10. The van der Waals surface area contributed by atoms with Gasteiger partial charge in [0, 0.05) is 0 Å². The minimum absolute atomic E-state index is 0.211. The average molecular weight is 322 g/mol. The maximum Gasteiger partial charge on any atom is 0.634 e. The molecule has 3 N–H and O–H groups in total. The summed E-state index contributed by atoms with van der Waals surface area (Å²) in [6.45, 7) is 3.59. The zero-order valence-electron chi connectivity index (χ0n) is 13.8. The van der Waals surface area contributed by atoms with Crippen molar-refractivity contribution in [1.29, 1.82) is 0 Å². The van der Waals surface area contributed by atoms with Crippen LogP contribution in [-0.4, -0.2) is 40.9 Å². The van der Waals surface area contributed by atoms with Gasteiger partial charge in [-0.05, 0) is 19.1 Å². The van der Waals surface area contributed by atoms with Crippen LogP contribution in [0.4, 0.5) is 0 Å². The molecule has 1 unspecified atom stereocenters. The molecule has 0 saturated carbocycles. The lowest BCUT2D eigenvalue weighted by Gasteiger charge is -2.06. The highest BCUT2D eigenvalue weighted by atomic mass is 32.1. The molecule has 4 nitrogen and oxygen atoms in total. The normalized spacial score (nSPS) is 11.7. The zero-order chi connectivity index (χ0) is 16.3. The van der Waals surface area contributed by atoms with Gasteiger partial charge in [-0.15, -0.1) is 0 Å². The van der Waals surface area contributed by atoms with Crippen molar-refractivity contribution in [3.63, 3.8) is 0 Å². The number of aliphatic hydroxyl groups is 1. The van der Waals surface area contributed by atoms with Gasteiger partial charge >= 0.3 is 7.32 Å². The first-order chi connectivity index (χ1) is 10.1. The van der Waals surface area contributed by atoms with Gasteiger partial charge in [-0.1, -0.05) is 64.7 Å². The summed E-state index contributed by atoms with van der Waals surface area (Å²) in [7, 11) is -1.78. The minimum Gasteiger partial charge on any atom is -0.402 e. The van der Waals surface area contributed by atoms with Crippen molar-refractivity contribution in [3.05, 3.63) is 0 Å². The molecule has 0 fully saturated rings. The van der Waals surface area contributed by atoms with Crippen molar-refractivity contribution < 1.29 is 19.8 Å². The van der Waals surface area contributed by atoms with E-state index in [0.29, 0.717) is 0 Å². The number of rotatable bonds is 13. The van der Waals surface area contributed by atoms with Crippen molar-refractivity contribution in [2.75, 3.05) is 12.4 Å². The molecule has 0 aromatic carbocycles. The van der Waals surface area contributed by atoms with E-state index >= 15 is 0 Å². The van der Waals surface area contributed by atoms with Crippen LogP contribution in [0, 0.1) is 0 Å². The fraction of sp³-hybridized carbons (Fsp3) is 1.00. The summed E-state index contributed by atoms with van der Waals surface area (Å²) >= 11 is 4.20. The largest absolute Gasteiger partial charge is 0.634 e. The molecule has 1 atom stereocenters. The molecule has 0 amide bonds. The van der Waals surface area contributed by atoms with E-state index in [0.717, 1.165) is 5.75 Å². The Kier molecular flexibility index (Phi) is 22.7. The number of hydrogen-bond acceptors (Lipinski definition) is 5. The Labute approximate surface area is 136 Å². The van der Waals surface area contributed by atoms with Gasteiger partial charge in [-0.2, -0.15) is 12.6 Å². The van der Waals surface area contributed by atoms with Gasteiger partial charge in [-0.25, -0.2) is 0 Å². The molecule has 0 bridgehead atoms. The molecule has 21 heavy (non-hydrogen) atoms. The highest BCUT2D eigenvalue weighted by molar-refractivity contribution is 7.80. The summed E-state index contributed by atoms with van der Waals surface area (Å²) in [5, 5.41) is 24.4.